The van der Waals surface area contributed by atoms with E-state index in [4.69, 9.17) is 15.3 Å². The fourth-order valence-electron chi connectivity index (χ4n) is 1.38. The van der Waals surface area contributed by atoms with Gasteiger partial charge in [-0.3, -0.25) is 9.59 Å². The van der Waals surface area contributed by atoms with E-state index in [1.54, 1.807) is 26.0 Å². The minimum absolute atomic E-state index is 0.0267. The highest BCUT2D eigenvalue weighted by Crippen LogP contribution is 2.28. The van der Waals surface area contributed by atoms with E-state index in [0.717, 1.165) is 0 Å². The predicted octanol–water partition coefficient (Wildman–Crippen LogP) is 0.145. The van der Waals surface area contributed by atoms with Crippen molar-refractivity contribution in [3.05, 3.63) is 0 Å². The molecule has 19 heavy (non-hydrogen) atoms. The molecule has 0 heterocycles. The summed E-state index contributed by atoms with van der Waals surface area (Å²) < 4.78 is 9.36. The molecule has 2 unspecified atom stereocenters. The van der Waals surface area contributed by atoms with Gasteiger partial charge in [-0.15, -0.1) is 0 Å². The Hall–Kier alpha value is -2.12. The fraction of sp³-hybridized carbons (Fsp3) is 0.667. The molecule has 0 bridgehead atoms. The molecule has 2 atom stereocenters. The van der Waals surface area contributed by atoms with Crippen LogP contribution in [0, 0.1) is 34.0 Å². The maximum absolute atomic E-state index is 11.7. The first-order valence-corrected chi connectivity index (χ1v) is 5.76. The number of ether oxygens (including phenoxy) is 2. The van der Waals surface area contributed by atoms with Crippen LogP contribution in [0.25, 0.3) is 0 Å². The number of hydrogen-bond donors (Lipinski definition) is 1. The van der Waals surface area contributed by atoms with Gasteiger partial charge in [0.15, 0.2) is 5.41 Å². The maximum atomic E-state index is 11.7. The molecule has 0 saturated carbocycles. The Morgan fingerprint density at radius 3 is 2.21 bits per heavy atom. The zero-order valence-corrected chi connectivity index (χ0v) is 10.9. The predicted molar refractivity (Wildman–Crippen MR) is 62.1 cm³/mol. The van der Waals surface area contributed by atoms with Gasteiger partial charge in [-0.2, -0.15) is 10.5 Å². The van der Waals surface area contributed by atoms with E-state index < -0.39 is 36.3 Å². The van der Waals surface area contributed by atoms with Crippen molar-refractivity contribution in [3.8, 4) is 12.1 Å². The lowest BCUT2D eigenvalue weighted by molar-refractivity contribution is -0.156. The Balaban J connectivity index is 5.12. The van der Waals surface area contributed by atoms with Gasteiger partial charge in [-0.1, -0.05) is 0 Å². The van der Waals surface area contributed by atoms with E-state index >= 15 is 0 Å². The molecule has 0 aliphatic rings. The Kier molecular flexibility index (Phi) is 7.16. The molecule has 0 saturated heterocycles. The Morgan fingerprint density at radius 1 is 1.26 bits per heavy atom. The average molecular weight is 268 g/mol. The second-order valence-corrected chi connectivity index (χ2v) is 3.71. The molecule has 0 aromatic carbocycles. The van der Waals surface area contributed by atoms with Crippen LogP contribution in [0.15, 0.2) is 0 Å². The first-order chi connectivity index (χ1) is 9.01. The van der Waals surface area contributed by atoms with Crippen LogP contribution in [-0.2, 0) is 19.1 Å². The SMILES string of the molecule is CCOC(=O)C(C#N)CC(C#N)(CO)C(=O)OCC. The van der Waals surface area contributed by atoms with Crippen molar-refractivity contribution in [1.82, 2.24) is 0 Å². The summed E-state index contributed by atoms with van der Waals surface area (Å²) >= 11 is 0. The number of hydrogen-bond acceptors (Lipinski definition) is 7. The molecular weight excluding hydrogens is 252 g/mol. The standard InChI is InChI=1S/C12H16N2O5/c1-3-18-10(16)9(6-13)5-12(7-14,8-15)11(17)19-4-2/h9,15H,3-5,8H2,1-2H3. The van der Waals surface area contributed by atoms with Gasteiger partial charge >= 0.3 is 11.9 Å². The number of carbonyl (C=O) groups excluding carboxylic acids is 2. The monoisotopic (exact) mass is 268 g/mol. The normalized spacial score (nSPS) is 14.4. The van der Waals surface area contributed by atoms with Crippen molar-refractivity contribution in [1.29, 1.82) is 10.5 Å². The number of carbonyl (C=O) groups is 2. The van der Waals surface area contributed by atoms with Crippen molar-refractivity contribution in [2.75, 3.05) is 19.8 Å². The van der Waals surface area contributed by atoms with E-state index in [0.29, 0.717) is 0 Å². The molecule has 0 aromatic rings. The third-order valence-electron chi connectivity index (χ3n) is 2.43. The van der Waals surface area contributed by atoms with Crippen LogP contribution >= 0.6 is 0 Å². The quantitative estimate of drug-likeness (QED) is 0.652. The third-order valence-corrected chi connectivity index (χ3v) is 2.43. The van der Waals surface area contributed by atoms with Crippen molar-refractivity contribution in [3.63, 3.8) is 0 Å². The molecule has 0 fully saturated rings. The van der Waals surface area contributed by atoms with E-state index in [-0.39, 0.29) is 13.2 Å². The van der Waals surface area contributed by atoms with Crippen LogP contribution in [0.5, 0.6) is 0 Å². The largest absolute Gasteiger partial charge is 0.465 e. The van der Waals surface area contributed by atoms with Gasteiger partial charge in [-0.05, 0) is 13.8 Å². The van der Waals surface area contributed by atoms with Crippen LogP contribution in [0.1, 0.15) is 20.3 Å². The lowest BCUT2D eigenvalue weighted by Gasteiger charge is -2.23. The summed E-state index contributed by atoms with van der Waals surface area (Å²) in [7, 11) is 0. The van der Waals surface area contributed by atoms with Gasteiger partial charge < -0.3 is 14.6 Å². The summed E-state index contributed by atoms with van der Waals surface area (Å²) in [5.41, 5.74) is -1.93. The Bertz CT molecular complexity index is 409. The zero-order chi connectivity index (χ0) is 14.9. The first-order valence-electron chi connectivity index (χ1n) is 5.76. The van der Waals surface area contributed by atoms with Gasteiger partial charge in [0.05, 0.1) is 32.0 Å². The summed E-state index contributed by atoms with van der Waals surface area (Å²) in [6.07, 6.45) is -0.464. The van der Waals surface area contributed by atoms with Crippen LogP contribution in [0.2, 0.25) is 0 Å². The molecule has 0 aromatic heterocycles. The van der Waals surface area contributed by atoms with Gasteiger partial charge in [-0.25, -0.2) is 0 Å². The second kappa shape index (κ2) is 8.06. The summed E-state index contributed by atoms with van der Waals surface area (Å²) in [6, 6.07) is 3.29. The highest BCUT2D eigenvalue weighted by Gasteiger charge is 2.44. The van der Waals surface area contributed by atoms with Crippen molar-refractivity contribution < 1.29 is 24.2 Å². The fourth-order valence-corrected chi connectivity index (χ4v) is 1.38. The molecule has 0 aliphatic heterocycles. The highest BCUT2D eigenvalue weighted by molar-refractivity contribution is 5.82. The summed E-state index contributed by atoms with van der Waals surface area (Å²) in [5, 5.41) is 27.2. The number of rotatable bonds is 7. The molecular formula is C12H16N2O5. The molecule has 104 valence electrons. The van der Waals surface area contributed by atoms with E-state index in [2.05, 4.69) is 4.74 Å². The van der Waals surface area contributed by atoms with Crippen molar-refractivity contribution in [2.24, 2.45) is 11.3 Å². The number of esters is 2. The smallest absolute Gasteiger partial charge is 0.328 e. The maximum Gasteiger partial charge on any atom is 0.328 e. The molecule has 1 N–H and O–H groups in total. The molecule has 0 radical (unpaired) electrons. The number of nitriles is 2. The van der Waals surface area contributed by atoms with Crippen LogP contribution in [0.3, 0.4) is 0 Å². The zero-order valence-electron chi connectivity index (χ0n) is 10.9. The van der Waals surface area contributed by atoms with E-state index in [1.807, 2.05) is 0 Å². The third kappa shape index (κ3) is 4.23. The van der Waals surface area contributed by atoms with E-state index in [1.165, 1.54) is 0 Å². The lowest BCUT2D eigenvalue weighted by atomic mass is 9.81. The molecule has 0 aliphatic carbocycles. The Morgan fingerprint density at radius 2 is 1.84 bits per heavy atom. The summed E-state index contributed by atoms with van der Waals surface area (Å²) in [4.78, 5) is 23.2. The van der Waals surface area contributed by atoms with Gasteiger partial charge in [0.1, 0.15) is 5.92 Å². The Labute approximate surface area is 111 Å². The number of aliphatic hydroxyl groups excluding tert-OH is 1. The van der Waals surface area contributed by atoms with Gasteiger partial charge in [0, 0.05) is 6.42 Å². The topological polar surface area (TPSA) is 120 Å². The van der Waals surface area contributed by atoms with Gasteiger partial charge in [0.25, 0.3) is 0 Å². The molecule has 0 spiro atoms. The average Bonchev–Trinajstić information content (AvgIpc) is 2.41. The molecule has 7 heteroatoms. The van der Waals surface area contributed by atoms with Crippen LogP contribution in [0.4, 0.5) is 0 Å². The summed E-state index contributed by atoms with van der Waals surface area (Å²) in [5.74, 6) is -3.09. The highest BCUT2D eigenvalue weighted by atomic mass is 16.5. The van der Waals surface area contributed by atoms with Gasteiger partial charge in [0.2, 0.25) is 0 Å². The van der Waals surface area contributed by atoms with Crippen molar-refractivity contribution in [2.45, 2.75) is 20.3 Å². The summed E-state index contributed by atoms with van der Waals surface area (Å²) in [6.45, 7) is 2.39. The lowest BCUT2D eigenvalue weighted by Crippen LogP contribution is -2.38. The number of nitrogens with zero attached hydrogens (tertiary/aromatic N) is 2. The minimum atomic E-state index is -1.93. The van der Waals surface area contributed by atoms with Crippen LogP contribution in [-0.4, -0.2) is 36.9 Å². The second-order valence-electron chi connectivity index (χ2n) is 3.71. The number of aliphatic hydroxyl groups is 1. The molecule has 0 rings (SSSR count). The first kappa shape index (κ1) is 16.9. The molecule has 7 nitrogen and oxygen atoms in total. The minimum Gasteiger partial charge on any atom is -0.465 e. The van der Waals surface area contributed by atoms with E-state index in [9.17, 15) is 14.7 Å². The van der Waals surface area contributed by atoms with Crippen LogP contribution < -0.4 is 0 Å². The van der Waals surface area contributed by atoms with Crippen molar-refractivity contribution >= 4 is 11.9 Å². The molecule has 0 amide bonds.